The second-order valence-electron chi connectivity index (χ2n) is 4.80. The zero-order chi connectivity index (χ0) is 14.5. The van der Waals surface area contributed by atoms with Crippen LogP contribution in [0.2, 0.25) is 5.02 Å². The first-order chi connectivity index (χ1) is 8.97. The lowest BCUT2D eigenvalue weighted by Gasteiger charge is -2.33. The first kappa shape index (κ1) is 16.4. The van der Waals surface area contributed by atoms with E-state index in [1.54, 1.807) is 0 Å². The fourth-order valence-electron chi connectivity index (χ4n) is 2.04. The normalized spacial score (nSPS) is 15.3. The Morgan fingerprint density at radius 1 is 1.26 bits per heavy atom. The third-order valence-electron chi connectivity index (χ3n) is 3.61. The van der Waals surface area contributed by atoms with E-state index in [1.165, 1.54) is 0 Å². The number of halogens is 1. The van der Waals surface area contributed by atoms with Gasteiger partial charge in [-0.3, -0.25) is 0 Å². The molecule has 0 amide bonds. The van der Waals surface area contributed by atoms with Crippen LogP contribution in [-0.2, 0) is 4.74 Å². The van der Waals surface area contributed by atoms with Gasteiger partial charge in [0.05, 0.1) is 12.7 Å². The molecule has 2 unspecified atom stereocenters. The Morgan fingerprint density at radius 3 is 2.32 bits per heavy atom. The van der Waals surface area contributed by atoms with E-state index in [4.69, 9.17) is 16.3 Å². The molecule has 3 nitrogen and oxygen atoms in total. The van der Waals surface area contributed by atoms with Gasteiger partial charge in [-0.2, -0.15) is 0 Å². The number of aliphatic hydroxyl groups is 2. The van der Waals surface area contributed by atoms with Gasteiger partial charge in [-0.15, -0.1) is 0 Å². The highest BCUT2D eigenvalue weighted by Gasteiger charge is 2.31. The van der Waals surface area contributed by atoms with Crippen molar-refractivity contribution in [1.29, 1.82) is 0 Å². The molecule has 1 aromatic rings. The van der Waals surface area contributed by atoms with Gasteiger partial charge in [0.25, 0.3) is 0 Å². The monoisotopic (exact) mass is 286 g/mol. The molecule has 0 aromatic heterocycles. The molecule has 0 fully saturated rings. The third kappa shape index (κ3) is 4.18. The van der Waals surface area contributed by atoms with Crippen molar-refractivity contribution >= 4 is 11.6 Å². The zero-order valence-corrected chi connectivity index (χ0v) is 12.5. The smallest absolute Gasteiger partial charge is 0.165 e. The molecule has 108 valence electrons. The molecule has 0 heterocycles. The lowest BCUT2D eigenvalue weighted by Crippen LogP contribution is -2.39. The Balaban J connectivity index is 2.89. The van der Waals surface area contributed by atoms with Crippen LogP contribution in [-0.4, -0.2) is 28.7 Å². The van der Waals surface area contributed by atoms with Gasteiger partial charge < -0.3 is 14.9 Å². The Hall–Kier alpha value is -0.610. The minimum Gasteiger partial charge on any atom is -0.394 e. The summed E-state index contributed by atoms with van der Waals surface area (Å²) in [7, 11) is 0. The molecule has 0 spiro atoms. The van der Waals surface area contributed by atoms with E-state index in [0.29, 0.717) is 17.9 Å². The standard InChI is InChI=1S/C15H23ClO3/c1-4-15(18,5-2)19-14(10-17)11(3)12-8-6-7-9-13(12)16/h6-9,11,14,17-18H,4-5,10H2,1-3H3. The van der Waals surface area contributed by atoms with E-state index in [0.717, 1.165) is 5.56 Å². The largest absolute Gasteiger partial charge is 0.394 e. The van der Waals surface area contributed by atoms with E-state index < -0.39 is 11.9 Å². The summed E-state index contributed by atoms with van der Waals surface area (Å²) in [6, 6.07) is 7.49. The molecule has 0 aliphatic heterocycles. The Morgan fingerprint density at radius 2 is 1.84 bits per heavy atom. The van der Waals surface area contributed by atoms with Crippen LogP contribution in [0, 0.1) is 0 Å². The van der Waals surface area contributed by atoms with Gasteiger partial charge in [0.15, 0.2) is 5.79 Å². The van der Waals surface area contributed by atoms with E-state index in [9.17, 15) is 10.2 Å². The van der Waals surface area contributed by atoms with E-state index >= 15 is 0 Å². The number of rotatable bonds is 7. The highest BCUT2D eigenvalue weighted by atomic mass is 35.5. The van der Waals surface area contributed by atoms with Crippen LogP contribution in [0.15, 0.2) is 24.3 Å². The summed E-state index contributed by atoms with van der Waals surface area (Å²) in [5.74, 6) is -1.29. The van der Waals surface area contributed by atoms with Crippen molar-refractivity contribution in [3.8, 4) is 0 Å². The van der Waals surface area contributed by atoms with Crippen LogP contribution in [0.1, 0.15) is 45.1 Å². The second-order valence-corrected chi connectivity index (χ2v) is 5.21. The van der Waals surface area contributed by atoms with Gasteiger partial charge in [0, 0.05) is 10.9 Å². The van der Waals surface area contributed by atoms with Crippen LogP contribution in [0.4, 0.5) is 0 Å². The summed E-state index contributed by atoms with van der Waals surface area (Å²) < 4.78 is 5.70. The highest BCUT2D eigenvalue weighted by Crippen LogP contribution is 2.31. The predicted octanol–water partition coefficient (Wildman–Crippen LogP) is 3.33. The SMILES string of the molecule is CCC(O)(CC)OC(CO)C(C)c1ccccc1Cl. The van der Waals surface area contributed by atoms with Crippen LogP contribution in [0.25, 0.3) is 0 Å². The third-order valence-corrected chi connectivity index (χ3v) is 3.95. The maximum atomic E-state index is 10.2. The van der Waals surface area contributed by atoms with Crippen molar-refractivity contribution in [1.82, 2.24) is 0 Å². The number of benzene rings is 1. The average Bonchev–Trinajstić information content (AvgIpc) is 2.44. The van der Waals surface area contributed by atoms with Crippen molar-refractivity contribution in [2.24, 2.45) is 0 Å². The molecule has 0 aliphatic rings. The molecular formula is C15H23ClO3. The Labute approximate surface area is 120 Å². The van der Waals surface area contributed by atoms with Crippen molar-refractivity contribution in [2.45, 2.75) is 51.4 Å². The fraction of sp³-hybridized carbons (Fsp3) is 0.600. The maximum Gasteiger partial charge on any atom is 0.165 e. The molecule has 1 rings (SSSR count). The van der Waals surface area contributed by atoms with Gasteiger partial charge in [0.2, 0.25) is 0 Å². The van der Waals surface area contributed by atoms with Crippen LogP contribution in [0.5, 0.6) is 0 Å². The van der Waals surface area contributed by atoms with Gasteiger partial charge in [-0.25, -0.2) is 0 Å². The molecule has 2 N–H and O–H groups in total. The molecule has 0 radical (unpaired) electrons. The first-order valence-corrected chi connectivity index (χ1v) is 7.10. The van der Waals surface area contributed by atoms with E-state index in [2.05, 4.69) is 0 Å². The van der Waals surface area contributed by atoms with Crippen molar-refractivity contribution in [3.63, 3.8) is 0 Å². The van der Waals surface area contributed by atoms with Gasteiger partial charge >= 0.3 is 0 Å². The average molecular weight is 287 g/mol. The molecule has 4 heteroatoms. The van der Waals surface area contributed by atoms with Gasteiger partial charge in [-0.05, 0) is 24.5 Å². The van der Waals surface area contributed by atoms with Gasteiger partial charge in [0.1, 0.15) is 0 Å². The molecule has 1 aromatic carbocycles. The summed E-state index contributed by atoms with van der Waals surface area (Å²) in [4.78, 5) is 0. The molecule has 2 atom stereocenters. The molecule has 0 bridgehead atoms. The quantitative estimate of drug-likeness (QED) is 0.756. The topological polar surface area (TPSA) is 49.7 Å². The first-order valence-electron chi connectivity index (χ1n) is 6.72. The Bertz CT molecular complexity index is 391. The van der Waals surface area contributed by atoms with Crippen molar-refractivity contribution < 1.29 is 14.9 Å². The second kappa shape index (κ2) is 7.25. The minimum absolute atomic E-state index is 0.0941. The molecule has 0 saturated heterocycles. The number of hydrogen-bond acceptors (Lipinski definition) is 3. The summed E-state index contributed by atoms with van der Waals surface area (Å²) in [5.41, 5.74) is 0.915. The lowest BCUT2D eigenvalue weighted by atomic mass is 9.95. The summed E-state index contributed by atoms with van der Waals surface area (Å²) >= 11 is 6.16. The Kier molecular flexibility index (Phi) is 6.27. The van der Waals surface area contributed by atoms with Crippen molar-refractivity contribution in [2.75, 3.05) is 6.61 Å². The number of ether oxygens (including phenoxy) is 1. The zero-order valence-electron chi connectivity index (χ0n) is 11.8. The molecule has 19 heavy (non-hydrogen) atoms. The number of aliphatic hydroxyl groups excluding tert-OH is 1. The van der Waals surface area contributed by atoms with E-state index in [1.807, 2.05) is 45.0 Å². The highest BCUT2D eigenvalue weighted by molar-refractivity contribution is 6.31. The maximum absolute atomic E-state index is 10.2. The van der Waals surface area contributed by atoms with Gasteiger partial charge in [-0.1, -0.05) is 50.6 Å². The summed E-state index contributed by atoms with van der Waals surface area (Å²) in [5, 5.41) is 20.4. The van der Waals surface area contributed by atoms with Crippen LogP contribution < -0.4 is 0 Å². The van der Waals surface area contributed by atoms with Crippen LogP contribution in [0.3, 0.4) is 0 Å². The molecule has 0 saturated carbocycles. The summed E-state index contributed by atoms with van der Waals surface area (Å²) in [6.07, 6.45) is 0.481. The van der Waals surface area contributed by atoms with E-state index in [-0.39, 0.29) is 12.5 Å². The number of hydrogen-bond donors (Lipinski definition) is 2. The summed E-state index contributed by atoms with van der Waals surface area (Å²) in [6.45, 7) is 5.50. The molecule has 0 aliphatic carbocycles. The van der Waals surface area contributed by atoms with Crippen molar-refractivity contribution in [3.05, 3.63) is 34.9 Å². The van der Waals surface area contributed by atoms with Crippen LogP contribution >= 0.6 is 11.6 Å². The molecular weight excluding hydrogens is 264 g/mol. The minimum atomic E-state index is -1.19. The lowest BCUT2D eigenvalue weighted by molar-refractivity contribution is -0.242. The predicted molar refractivity (Wildman–Crippen MR) is 77.4 cm³/mol. The fourth-order valence-corrected chi connectivity index (χ4v) is 2.35.